The molecule has 1 aromatic rings. The van der Waals surface area contributed by atoms with E-state index in [0.29, 0.717) is 11.1 Å². The van der Waals surface area contributed by atoms with Gasteiger partial charge in [0.05, 0.1) is 6.61 Å². The number of hydrogen-bond donors (Lipinski definition) is 2. The topological polar surface area (TPSA) is 60.8 Å². The van der Waals surface area contributed by atoms with Crippen LogP contribution < -0.4 is 0 Å². The lowest BCUT2D eigenvalue weighted by atomic mass is 10.1. The minimum absolute atomic E-state index is 0.0833. The van der Waals surface area contributed by atoms with Gasteiger partial charge in [-0.2, -0.15) is 0 Å². The first-order chi connectivity index (χ1) is 7.06. The Balaban J connectivity index is 2.85. The first-order valence-corrected chi connectivity index (χ1v) is 4.66. The van der Waals surface area contributed by atoms with Gasteiger partial charge >= 0.3 is 0 Å². The van der Waals surface area contributed by atoms with E-state index in [0.717, 1.165) is 0 Å². The summed E-state index contributed by atoms with van der Waals surface area (Å²) in [5.74, 6) is -0.0833. The summed E-state index contributed by atoms with van der Waals surface area (Å²) in [6.07, 6.45) is -0.881. The summed E-state index contributed by atoms with van der Waals surface area (Å²) in [4.78, 5) is 13.0. The molecule has 0 spiro atoms. The van der Waals surface area contributed by atoms with Gasteiger partial charge in [-0.25, -0.2) is 0 Å². The molecule has 82 valence electrons. The summed E-state index contributed by atoms with van der Waals surface area (Å²) in [6, 6.07) is 6.54. The van der Waals surface area contributed by atoms with Gasteiger partial charge in [0.2, 0.25) is 0 Å². The van der Waals surface area contributed by atoms with Crippen LogP contribution in [0, 0.1) is 0 Å². The van der Waals surface area contributed by atoms with E-state index in [4.69, 9.17) is 5.11 Å². The summed E-state index contributed by atoms with van der Waals surface area (Å²) in [5.41, 5.74) is 1.17. The Bertz CT molecular complexity index is 332. The van der Waals surface area contributed by atoms with Crippen LogP contribution >= 0.6 is 0 Å². The molecule has 0 aliphatic heterocycles. The largest absolute Gasteiger partial charge is 0.393 e. The molecular weight excluding hydrogens is 194 g/mol. The highest BCUT2D eigenvalue weighted by molar-refractivity contribution is 5.93. The van der Waals surface area contributed by atoms with E-state index in [1.807, 2.05) is 0 Å². The third-order valence-electron chi connectivity index (χ3n) is 2.12. The van der Waals surface area contributed by atoms with Crippen molar-refractivity contribution in [1.29, 1.82) is 0 Å². The van der Waals surface area contributed by atoms with E-state index in [1.165, 1.54) is 4.90 Å². The van der Waals surface area contributed by atoms with E-state index < -0.39 is 6.10 Å². The summed E-state index contributed by atoms with van der Waals surface area (Å²) in [6.45, 7) is -0.318. The van der Waals surface area contributed by atoms with Crippen molar-refractivity contribution in [3.05, 3.63) is 35.4 Å². The van der Waals surface area contributed by atoms with Crippen LogP contribution in [-0.4, -0.2) is 41.7 Å². The molecule has 4 nitrogen and oxygen atoms in total. The number of amides is 1. The molecule has 0 aliphatic carbocycles. The van der Waals surface area contributed by atoms with Gasteiger partial charge in [0.25, 0.3) is 5.91 Å². The minimum Gasteiger partial charge on any atom is -0.393 e. The first kappa shape index (κ1) is 11.7. The quantitative estimate of drug-likeness (QED) is 0.758. The molecule has 0 saturated heterocycles. The second-order valence-electron chi connectivity index (χ2n) is 3.52. The smallest absolute Gasteiger partial charge is 0.253 e. The molecule has 4 heteroatoms. The zero-order chi connectivity index (χ0) is 11.4. The summed E-state index contributed by atoms with van der Waals surface area (Å²) < 4.78 is 0. The summed E-state index contributed by atoms with van der Waals surface area (Å²) in [5, 5.41) is 18.1. The van der Waals surface area contributed by atoms with Crippen LogP contribution in [0.1, 0.15) is 22.0 Å². The molecule has 1 aromatic carbocycles. The van der Waals surface area contributed by atoms with Gasteiger partial charge in [0, 0.05) is 19.7 Å². The standard InChI is InChI=1S/C11H15NO3/c1-12(2)11(15)9-5-3-8(4-6-9)10(14)7-13/h3-6,10,13-14H,7H2,1-2H3. The second kappa shape index (κ2) is 4.91. The molecule has 0 saturated carbocycles. The van der Waals surface area contributed by atoms with Crippen molar-refractivity contribution >= 4 is 5.91 Å². The highest BCUT2D eigenvalue weighted by atomic mass is 16.3. The number of benzene rings is 1. The third kappa shape index (κ3) is 2.78. The molecule has 1 unspecified atom stereocenters. The number of aliphatic hydroxyl groups excluding tert-OH is 2. The van der Waals surface area contributed by atoms with Crippen molar-refractivity contribution < 1.29 is 15.0 Å². The van der Waals surface area contributed by atoms with Crippen molar-refractivity contribution in [3.63, 3.8) is 0 Å². The number of aliphatic hydroxyl groups is 2. The molecule has 0 aliphatic rings. The lowest BCUT2D eigenvalue weighted by Crippen LogP contribution is -2.21. The normalized spacial score (nSPS) is 12.3. The Morgan fingerprint density at radius 3 is 2.27 bits per heavy atom. The fourth-order valence-electron chi connectivity index (χ4n) is 1.21. The molecule has 0 radical (unpaired) electrons. The van der Waals surface area contributed by atoms with E-state index in [-0.39, 0.29) is 12.5 Å². The van der Waals surface area contributed by atoms with Crippen molar-refractivity contribution in [2.75, 3.05) is 20.7 Å². The number of carbonyl (C=O) groups excluding carboxylic acids is 1. The van der Waals surface area contributed by atoms with Crippen molar-refractivity contribution in [1.82, 2.24) is 4.90 Å². The fourth-order valence-corrected chi connectivity index (χ4v) is 1.21. The highest BCUT2D eigenvalue weighted by Gasteiger charge is 2.09. The maximum atomic E-state index is 11.5. The Labute approximate surface area is 88.8 Å². The van der Waals surface area contributed by atoms with Crippen LogP contribution in [0.15, 0.2) is 24.3 Å². The van der Waals surface area contributed by atoms with E-state index >= 15 is 0 Å². The van der Waals surface area contributed by atoms with Crippen LogP contribution in [0.2, 0.25) is 0 Å². The van der Waals surface area contributed by atoms with Gasteiger partial charge in [0.1, 0.15) is 6.10 Å². The van der Waals surface area contributed by atoms with E-state index in [1.54, 1.807) is 38.4 Å². The third-order valence-corrected chi connectivity index (χ3v) is 2.12. The number of hydrogen-bond acceptors (Lipinski definition) is 3. The van der Waals surface area contributed by atoms with Gasteiger partial charge in [-0.3, -0.25) is 4.79 Å². The SMILES string of the molecule is CN(C)C(=O)c1ccc(C(O)CO)cc1. The lowest BCUT2D eigenvalue weighted by Gasteiger charge is -2.11. The summed E-state index contributed by atoms with van der Waals surface area (Å²) >= 11 is 0. The molecular formula is C11H15NO3. The average molecular weight is 209 g/mol. The second-order valence-corrected chi connectivity index (χ2v) is 3.52. The molecule has 1 amide bonds. The number of nitrogens with zero attached hydrogens (tertiary/aromatic N) is 1. The Morgan fingerprint density at radius 1 is 1.33 bits per heavy atom. The van der Waals surface area contributed by atoms with Gasteiger partial charge in [-0.1, -0.05) is 12.1 Å². The van der Waals surface area contributed by atoms with Crippen molar-refractivity contribution in [3.8, 4) is 0 Å². The predicted molar refractivity (Wildman–Crippen MR) is 56.5 cm³/mol. The molecule has 0 bridgehead atoms. The average Bonchev–Trinajstić information content (AvgIpc) is 2.27. The summed E-state index contributed by atoms with van der Waals surface area (Å²) in [7, 11) is 3.36. The van der Waals surface area contributed by atoms with Crippen molar-refractivity contribution in [2.24, 2.45) is 0 Å². The monoisotopic (exact) mass is 209 g/mol. The minimum atomic E-state index is -0.881. The maximum Gasteiger partial charge on any atom is 0.253 e. The Kier molecular flexibility index (Phi) is 3.82. The van der Waals surface area contributed by atoms with Gasteiger partial charge in [-0.15, -0.1) is 0 Å². The van der Waals surface area contributed by atoms with Gasteiger partial charge < -0.3 is 15.1 Å². The Morgan fingerprint density at radius 2 is 1.87 bits per heavy atom. The lowest BCUT2D eigenvalue weighted by molar-refractivity contribution is 0.0826. The molecule has 1 atom stereocenters. The van der Waals surface area contributed by atoms with Crippen LogP contribution in [0.5, 0.6) is 0 Å². The van der Waals surface area contributed by atoms with Crippen LogP contribution in [0.25, 0.3) is 0 Å². The number of rotatable bonds is 3. The fraction of sp³-hybridized carbons (Fsp3) is 0.364. The zero-order valence-electron chi connectivity index (χ0n) is 8.84. The molecule has 0 aromatic heterocycles. The van der Waals surface area contributed by atoms with Crippen molar-refractivity contribution in [2.45, 2.75) is 6.10 Å². The molecule has 0 fully saturated rings. The van der Waals surface area contributed by atoms with Gasteiger partial charge in [0.15, 0.2) is 0 Å². The van der Waals surface area contributed by atoms with Crippen LogP contribution in [0.3, 0.4) is 0 Å². The van der Waals surface area contributed by atoms with Crippen LogP contribution in [0.4, 0.5) is 0 Å². The molecule has 0 heterocycles. The first-order valence-electron chi connectivity index (χ1n) is 4.66. The van der Waals surface area contributed by atoms with E-state index in [2.05, 4.69) is 0 Å². The highest BCUT2D eigenvalue weighted by Crippen LogP contribution is 2.13. The van der Waals surface area contributed by atoms with E-state index in [9.17, 15) is 9.90 Å². The molecule has 15 heavy (non-hydrogen) atoms. The Hall–Kier alpha value is -1.39. The number of carbonyl (C=O) groups is 1. The van der Waals surface area contributed by atoms with Gasteiger partial charge in [-0.05, 0) is 17.7 Å². The maximum absolute atomic E-state index is 11.5. The molecule has 2 N–H and O–H groups in total. The molecule has 1 rings (SSSR count). The predicted octanol–water partition coefficient (Wildman–Crippen LogP) is 0.414. The zero-order valence-corrected chi connectivity index (χ0v) is 8.84. The van der Waals surface area contributed by atoms with Crippen LogP contribution in [-0.2, 0) is 0 Å².